The largest absolute Gasteiger partial charge is 0.483 e. The van der Waals surface area contributed by atoms with Gasteiger partial charge < -0.3 is 10.1 Å². The first-order valence-electron chi connectivity index (χ1n) is 12.6. The van der Waals surface area contributed by atoms with E-state index in [-0.39, 0.29) is 24.0 Å². The van der Waals surface area contributed by atoms with Crippen molar-refractivity contribution >= 4 is 72.2 Å². The Morgan fingerprint density at radius 2 is 1.77 bits per heavy atom. The standard InChI is InChI=1S/C29H25Br2ClN4O3/c30-20-7-13-26(39-17-27(37)34-23-10-8-22(32)9-11-23)19(14-20)16-33-36-28(18-4-2-1-3-5-18)35-25-12-6-21(31)15-24(25)29(36)38/h6-16,18H,1-5,17H2,(H,34,37). The van der Waals surface area contributed by atoms with Gasteiger partial charge in [-0.1, -0.05) is 62.7 Å². The van der Waals surface area contributed by atoms with Crippen LogP contribution < -0.4 is 15.6 Å². The summed E-state index contributed by atoms with van der Waals surface area (Å²) in [5.41, 5.74) is 1.67. The van der Waals surface area contributed by atoms with Crippen molar-refractivity contribution in [2.45, 2.75) is 38.0 Å². The van der Waals surface area contributed by atoms with Crippen molar-refractivity contribution in [3.8, 4) is 5.75 Å². The molecule has 1 aromatic heterocycles. The number of amides is 1. The maximum atomic E-state index is 13.6. The number of carbonyl (C=O) groups is 1. The molecule has 1 aliphatic rings. The zero-order chi connectivity index (χ0) is 27.4. The summed E-state index contributed by atoms with van der Waals surface area (Å²) in [6, 6.07) is 17.8. The minimum atomic E-state index is -0.316. The van der Waals surface area contributed by atoms with Crippen LogP contribution in [0.2, 0.25) is 5.02 Å². The predicted molar refractivity (Wildman–Crippen MR) is 162 cm³/mol. The van der Waals surface area contributed by atoms with Crippen LogP contribution >= 0.6 is 43.5 Å². The van der Waals surface area contributed by atoms with Gasteiger partial charge in [-0.3, -0.25) is 9.59 Å². The molecule has 0 saturated heterocycles. The van der Waals surface area contributed by atoms with Gasteiger partial charge in [0.1, 0.15) is 11.6 Å². The Balaban J connectivity index is 1.44. The molecule has 1 N–H and O–H groups in total. The number of hydrogen-bond donors (Lipinski definition) is 1. The SMILES string of the molecule is O=C(COc1ccc(Br)cc1C=Nn1c(C2CCCCC2)nc2ccc(Br)cc2c1=O)Nc1ccc(Cl)cc1. The lowest BCUT2D eigenvalue weighted by atomic mass is 9.88. The van der Waals surface area contributed by atoms with Crippen molar-refractivity contribution in [2.75, 3.05) is 11.9 Å². The third-order valence-corrected chi connectivity index (χ3v) is 7.81. The second kappa shape index (κ2) is 12.4. The smallest absolute Gasteiger partial charge is 0.282 e. The fourth-order valence-electron chi connectivity index (χ4n) is 4.65. The lowest BCUT2D eigenvalue weighted by molar-refractivity contribution is -0.118. The van der Waals surface area contributed by atoms with E-state index in [1.807, 2.05) is 24.3 Å². The van der Waals surface area contributed by atoms with Gasteiger partial charge in [-0.15, -0.1) is 0 Å². The number of hydrogen-bond acceptors (Lipinski definition) is 5. The fraction of sp³-hybridized carbons (Fsp3) is 0.241. The van der Waals surface area contributed by atoms with Gasteiger partial charge in [-0.25, -0.2) is 4.98 Å². The molecule has 7 nitrogen and oxygen atoms in total. The van der Waals surface area contributed by atoms with Crippen LogP contribution in [0.3, 0.4) is 0 Å². The van der Waals surface area contributed by atoms with Crippen LogP contribution in [0, 0.1) is 0 Å². The Labute approximate surface area is 247 Å². The van der Waals surface area contributed by atoms with Crippen LogP contribution in [0.5, 0.6) is 5.75 Å². The van der Waals surface area contributed by atoms with Gasteiger partial charge in [0, 0.05) is 31.1 Å². The molecule has 5 rings (SSSR count). The molecule has 39 heavy (non-hydrogen) atoms. The molecule has 1 heterocycles. The average Bonchev–Trinajstić information content (AvgIpc) is 2.94. The van der Waals surface area contributed by atoms with Gasteiger partial charge >= 0.3 is 0 Å². The summed E-state index contributed by atoms with van der Waals surface area (Å²) in [6.45, 7) is -0.204. The highest BCUT2D eigenvalue weighted by molar-refractivity contribution is 9.10. The first-order chi connectivity index (χ1) is 18.9. The summed E-state index contributed by atoms with van der Waals surface area (Å²) >= 11 is 12.9. The van der Waals surface area contributed by atoms with E-state index in [4.69, 9.17) is 21.3 Å². The van der Waals surface area contributed by atoms with Gasteiger partial charge in [0.2, 0.25) is 0 Å². The molecular weight excluding hydrogens is 648 g/mol. The number of halogens is 3. The number of anilines is 1. The van der Waals surface area contributed by atoms with E-state index in [0.29, 0.717) is 38.8 Å². The van der Waals surface area contributed by atoms with Gasteiger partial charge in [0.15, 0.2) is 6.61 Å². The molecule has 1 saturated carbocycles. The molecule has 0 unspecified atom stereocenters. The summed E-state index contributed by atoms with van der Waals surface area (Å²) in [6.07, 6.45) is 6.91. The summed E-state index contributed by atoms with van der Waals surface area (Å²) in [5, 5.41) is 8.48. The Hall–Kier alpha value is -3.01. The summed E-state index contributed by atoms with van der Waals surface area (Å²) in [4.78, 5) is 31.0. The number of benzene rings is 3. The van der Waals surface area contributed by atoms with Crippen LogP contribution in [0.15, 0.2) is 79.5 Å². The third kappa shape index (κ3) is 6.77. The Bertz CT molecular complexity index is 1600. The van der Waals surface area contributed by atoms with E-state index in [0.717, 1.165) is 34.6 Å². The third-order valence-electron chi connectivity index (χ3n) is 6.57. The van der Waals surface area contributed by atoms with Crippen LogP contribution in [0.4, 0.5) is 5.69 Å². The van der Waals surface area contributed by atoms with E-state index in [1.54, 1.807) is 42.6 Å². The number of nitrogens with zero attached hydrogens (tertiary/aromatic N) is 3. The number of fused-ring (bicyclic) bond motifs is 1. The summed E-state index contributed by atoms with van der Waals surface area (Å²) in [7, 11) is 0. The number of ether oxygens (including phenoxy) is 1. The zero-order valence-corrected chi connectivity index (χ0v) is 24.8. The summed E-state index contributed by atoms with van der Waals surface area (Å²) in [5.74, 6) is 0.970. The fourth-order valence-corrected chi connectivity index (χ4v) is 5.51. The molecule has 4 aromatic rings. The number of carbonyl (C=O) groups excluding carboxylic acids is 1. The predicted octanol–water partition coefficient (Wildman–Crippen LogP) is 7.52. The minimum Gasteiger partial charge on any atom is -0.483 e. The molecule has 1 fully saturated rings. The van der Waals surface area contributed by atoms with Crippen LogP contribution in [0.25, 0.3) is 10.9 Å². The van der Waals surface area contributed by atoms with Crippen molar-refractivity contribution in [2.24, 2.45) is 5.10 Å². The number of nitrogens with one attached hydrogen (secondary N) is 1. The van der Waals surface area contributed by atoms with Crippen molar-refractivity contribution in [3.63, 3.8) is 0 Å². The maximum Gasteiger partial charge on any atom is 0.282 e. The molecule has 0 spiro atoms. The second-order valence-corrected chi connectivity index (χ2v) is 11.6. The second-order valence-electron chi connectivity index (χ2n) is 9.35. The summed E-state index contributed by atoms with van der Waals surface area (Å²) < 4.78 is 8.87. The Morgan fingerprint density at radius 1 is 1.05 bits per heavy atom. The molecule has 0 bridgehead atoms. The number of aromatic nitrogens is 2. The van der Waals surface area contributed by atoms with Crippen molar-refractivity contribution in [1.82, 2.24) is 9.66 Å². The molecule has 3 aromatic carbocycles. The van der Waals surface area contributed by atoms with E-state index in [1.165, 1.54) is 11.1 Å². The highest BCUT2D eigenvalue weighted by atomic mass is 79.9. The Kier molecular flexibility index (Phi) is 8.79. The highest BCUT2D eigenvalue weighted by Gasteiger charge is 2.22. The average molecular weight is 673 g/mol. The lowest BCUT2D eigenvalue weighted by Crippen LogP contribution is -2.25. The monoisotopic (exact) mass is 670 g/mol. The highest BCUT2D eigenvalue weighted by Crippen LogP contribution is 2.32. The molecule has 0 atom stereocenters. The molecule has 1 aliphatic carbocycles. The zero-order valence-electron chi connectivity index (χ0n) is 20.9. The van der Waals surface area contributed by atoms with E-state index < -0.39 is 0 Å². The van der Waals surface area contributed by atoms with Gasteiger partial charge in [0.25, 0.3) is 11.5 Å². The Morgan fingerprint density at radius 3 is 2.54 bits per heavy atom. The van der Waals surface area contributed by atoms with E-state index in [2.05, 4.69) is 42.3 Å². The molecular formula is C29H25Br2ClN4O3. The van der Waals surface area contributed by atoms with Crippen LogP contribution in [-0.4, -0.2) is 28.4 Å². The lowest BCUT2D eigenvalue weighted by Gasteiger charge is -2.22. The molecule has 1 amide bonds. The molecule has 0 radical (unpaired) electrons. The van der Waals surface area contributed by atoms with Crippen LogP contribution in [0.1, 0.15) is 49.4 Å². The van der Waals surface area contributed by atoms with Gasteiger partial charge in [-0.2, -0.15) is 9.78 Å². The van der Waals surface area contributed by atoms with Gasteiger partial charge in [-0.05, 0) is 73.5 Å². The molecule has 10 heteroatoms. The van der Waals surface area contributed by atoms with Crippen LogP contribution in [-0.2, 0) is 4.79 Å². The molecule has 200 valence electrons. The first kappa shape index (κ1) is 27.6. The topological polar surface area (TPSA) is 85.6 Å². The van der Waals surface area contributed by atoms with Crippen molar-refractivity contribution in [1.29, 1.82) is 0 Å². The maximum absolute atomic E-state index is 13.6. The normalized spacial score (nSPS) is 14.1. The number of rotatable bonds is 7. The van der Waals surface area contributed by atoms with E-state index in [9.17, 15) is 9.59 Å². The van der Waals surface area contributed by atoms with Crippen molar-refractivity contribution in [3.05, 3.63) is 96.4 Å². The van der Waals surface area contributed by atoms with Gasteiger partial charge in [0.05, 0.1) is 17.1 Å². The molecule has 0 aliphatic heterocycles. The quantitative estimate of drug-likeness (QED) is 0.206. The van der Waals surface area contributed by atoms with Crippen molar-refractivity contribution < 1.29 is 9.53 Å². The van der Waals surface area contributed by atoms with E-state index >= 15 is 0 Å². The first-order valence-corrected chi connectivity index (χ1v) is 14.6. The minimum absolute atomic E-state index is 0.159.